The smallest absolute Gasteiger partial charge is 0.258 e. The minimum atomic E-state index is -4.19. The van der Waals surface area contributed by atoms with Gasteiger partial charge in [0.1, 0.15) is 23.5 Å². The maximum Gasteiger partial charge on any atom is 0.258 e. The molecule has 0 atom stereocenters. The zero-order valence-electron chi connectivity index (χ0n) is 20.7. The summed E-state index contributed by atoms with van der Waals surface area (Å²) in [5, 5.41) is 9.66. The number of H-pyrrole nitrogens is 1. The first-order valence-corrected chi connectivity index (χ1v) is 13.6. The fourth-order valence-corrected chi connectivity index (χ4v) is 6.15. The maximum absolute atomic E-state index is 13.7. The third-order valence-corrected chi connectivity index (χ3v) is 8.66. The first-order valence-electron chi connectivity index (χ1n) is 12.2. The fraction of sp³-hybridized carbons (Fsp3) is 0.360. The molecule has 1 aromatic heterocycles. The summed E-state index contributed by atoms with van der Waals surface area (Å²) >= 11 is 0. The molecule has 13 heteroatoms. The summed E-state index contributed by atoms with van der Waals surface area (Å²) in [5.41, 5.74) is 7.73. The molecule has 0 saturated carbocycles. The molecule has 2 aromatic carbocycles. The highest BCUT2D eigenvalue weighted by atomic mass is 32.2. The van der Waals surface area contributed by atoms with Crippen LogP contribution in [0.4, 0.5) is 20.3 Å². The number of ether oxygens (including phenoxy) is 1. The number of benzene rings is 2. The van der Waals surface area contributed by atoms with Crippen molar-refractivity contribution >= 4 is 27.4 Å². The van der Waals surface area contributed by atoms with Gasteiger partial charge in [0.25, 0.3) is 5.91 Å². The van der Waals surface area contributed by atoms with Crippen molar-refractivity contribution in [1.82, 2.24) is 19.4 Å². The molecular weight excluding hydrogens is 518 g/mol. The molecule has 0 aliphatic carbocycles. The lowest BCUT2D eigenvalue weighted by Gasteiger charge is -2.29. The summed E-state index contributed by atoms with van der Waals surface area (Å²) in [5.74, 6) is -1.76. The number of carbonyl (C=O) groups is 1. The first-order chi connectivity index (χ1) is 18.1. The number of sulfonamides is 1. The van der Waals surface area contributed by atoms with Crippen molar-refractivity contribution in [2.45, 2.75) is 36.8 Å². The number of nitrogens with two attached hydrogens (primary N) is 1. The largest absolute Gasteiger partial charge is 0.490 e. The number of likely N-dealkylation sites (tertiary alicyclic amines) is 1. The molecule has 10 nitrogen and oxygen atoms in total. The SMILES string of the molecule is CN1CCC(Oc2ccc(C(=O)Nc3n[nH]c4c3CN(S(=O)(=O)c3cc(F)cc(F)c3)CC4)c(N)c2)CC1. The van der Waals surface area contributed by atoms with Gasteiger partial charge < -0.3 is 20.7 Å². The van der Waals surface area contributed by atoms with Gasteiger partial charge in [0.2, 0.25) is 10.0 Å². The van der Waals surface area contributed by atoms with Crippen LogP contribution in [-0.4, -0.2) is 66.5 Å². The molecule has 2 aliphatic heterocycles. The van der Waals surface area contributed by atoms with Crippen molar-refractivity contribution in [2.75, 3.05) is 37.7 Å². The average molecular weight is 547 g/mol. The Balaban J connectivity index is 1.29. The number of nitrogens with one attached hydrogen (secondary N) is 2. The van der Waals surface area contributed by atoms with E-state index in [0.29, 0.717) is 23.1 Å². The van der Waals surface area contributed by atoms with E-state index in [2.05, 4.69) is 27.5 Å². The van der Waals surface area contributed by atoms with Gasteiger partial charge in [0.05, 0.1) is 10.5 Å². The second kappa shape index (κ2) is 10.3. The number of anilines is 2. The van der Waals surface area contributed by atoms with Crippen LogP contribution in [0.25, 0.3) is 0 Å². The quantitative estimate of drug-likeness (QED) is 0.405. The first kappa shape index (κ1) is 26.1. The standard InChI is InChI=1S/C25H28F2N6O4S/c1-32-7-4-17(5-8-32)37-18-2-3-20(22(28)13-18)25(34)29-24-21-14-33(9-6-23(21)30-31-24)38(35,36)19-11-15(26)10-16(27)12-19/h2-3,10-13,17H,4-9,14,28H2,1H3,(H2,29,30,31,34). The number of fused-ring (bicyclic) bond motifs is 1. The Morgan fingerprint density at radius 3 is 2.53 bits per heavy atom. The van der Waals surface area contributed by atoms with Gasteiger partial charge in [0, 0.05) is 61.7 Å². The second-order valence-electron chi connectivity index (χ2n) is 9.55. The van der Waals surface area contributed by atoms with Crippen LogP contribution < -0.4 is 15.8 Å². The Kier molecular flexibility index (Phi) is 7.07. The molecule has 1 amide bonds. The molecule has 0 bridgehead atoms. The summed E-state index contributed by atoms with van der Waals surface area (Å²) < 4.78 is 60.6. The topological polar surface area (TPSA) is 134 Å². The van der Waals surface area contributed by atoms with Gasteiger partial charge in [-0.2, -0.15) is 9.40 Å². The molecule has 0 radical (unpaired) electrons. The Morgan fingerprint density at radius 1 is 1.13 bits per heavy atom. The lowest BCUT2D eigenvalue weighted by Crippen LogP contribution is -2.36. The van der Waals surface area contributed by atoms with E-state index >= 15 is 0 Å². The summed E-state index contributed by atoms with van der Waals surface area (Å²) in [7, 11) is -2.12. The van der Waals surface area contributed by atoms with Gasteiger partial charge in [-0.3, -0.25) is 9.89 Å². The maximum atomic E-state index is 13.7. The predicted molar refractivity (Wildman–Crippen MR) is 136 cm³/mol. The third-order valence-electron chi connectivity index (χ3n) is 6.84. The van der Waals surface area contributed by atoms with Crippen molar-refractivity contribution in [3.05, 3.63) is 64.9 Å². The Hall–Kier alpha value is -3.55. The summed E-state index contributed by atoms with van der Waals surface area (Å²) in [6.45, 7) is 1.84. The number of rotatable bonds is 6. The lowest BCUT2D eigenvalue weighted by atomic mass is 10.1. The van der Waals surface area contributed by atoms with Crippen molar-refractivity contribution in [3.63, 3.8) is 0 Å². The average Bonchev–Trinajstić information content (AvgIpc) is 3.27. The number of nitrogen functional groups attached to an aromatic ring is 1. The van der Waals surface area contributed by atoms with Crippen LogP contribution in [0.15, 0.2) is 41.3 Å². The van der Waals surface area contributed by atoms with Crippen molar-refractivity contribution in [3.8, 4) is 5.75 Å². The molecule has 4 N–H and O–H groups in total. The molecule has 38 heavy (non-hydrogen) atoms. The second-order valence-corrected chi connectivity index (χ2v) is 11.5. The van der Waals surface area contributed by atoms with E-state index < -0.39 is 32.5 Å². The summed E-state index contributed by atoms with van der Waals surface area (Å²) in [4.78, 5) is 14.8. The summed E-state index contributed by atoms with van der Waals surface area (Å²) in [6, 6.07) is 7.03. The number of nitrogens with zero attached hydrogens (tertiary/aromatic N) is 3. The molecule has 5 rings (SSSR count). The Morgan fingerprint density at radius 2 is 1.84 bits per heavy atom. The van der Waals surface area contributed by atoms with E-state index in [0.717, 1.165) is 42.4 Å². The van der Waals surface area contributed by atoms with Crippen LogP contribution in [0.5, 0.6) is 5.75 Å². The Bertz CT molecular complexity index is 1450. The number of hydrogen-bond acceptors (Lipinski definition) is 7. The molecule has 1 fully saturated rings. The third kappa shape index (κ3) is 5.35. The predicted octanol–water partition coefficient (Wildman–Crippen LogP) is 2.74. The van der Waals surface area contributed by atoms with E-state index in [1.807, 2.05) is 0 Å². The van der Waals surface area contributed by atoms with E-state index in [4.69, 9.17) is 10.5 Å². The van der Waals surface area contributed by atoms with Crippen LogP contribution >= 0.6 is 0 Å². The number of aromatic nitrogens is 2. The number of carbonyl (C=O) groups excluding carboxylic acids is 1. The molecule has 3 heterocycles. The van der Waals surface area contributed by atoms with Crippen LogP contribution in [0.3, 0.4) is 0 Å². The highest BCUT2D eigenvalue weighted by molar-refractivity contribution is 7.89. The van der Waals surface area contributed by atoms with Gasteiger partial charge >= 0.3 is 0 Å². The van der Waals surface area contributed by atoms with Crippen LogP contribution in [0, 0.1) is 11.6 Å². The zero-order chi connectivity index (χ0) is 27.0. The van der Waals surface area contributed by atoms with E-state index in [1.165, 1.54) is 0 Å². The highest BCUT2D eigenvalue weighted by Gasteiger charge is 2.32. The normalized spacial score (nSPS) is 17.2. The number of piperidine rings is 1. The van der Waals surface area contributed by atoms with E-state index in [-0.39, 0.29) is 42.7 Å². The molecular formula is C25H28F2N6O4S. The highest BCUT2D eigenvalue weighted by Crippen LogP contribution is 2.30. The molecule has 0 unspecified atom stereocenters. The number of halogens is 2. The summed E-state index contributed by atoms with van der Waals surface area (Å²) in [6.07, 6.45) is 2.18. The molecule has 0 spiro atoms. The van der Waals surface area contributed by atoms with Gasteiger partial charge in [-0.25, -0.2) is 17.2 Å². The number of hydrogen-bond donors (Lipinski definition) is 3. The van der Waals surface area contributed by atoms with Crippen molar-refractivity contribution in [2.24, 2.45) is 0 Å². The monoisotopic (exact) mass is 546 g/mol. The fourth-order valence-electron chi connectivity index (χ4n) is 4.70. The molecule has 1 saturated heterocycles. The van der Waals surface area contributed by atoms with Crippen molar-refractivity contribution < 1.29 is 26.7 Å². The lowest BCUT2D eigenvalue weighted by molar-refractivity contribution is 0.102. The molecule has 202 valence electrons. The minimum Gasteiger partial charge on any atom is -0.490 e. The zero-order valence-corrected chi connectivity index (χ0v) is 21.5. The molecule has 3 aromatic rings. The van der Waals surface area contributed by atoms with Crippen LogP contribution in [0.2, 0.25) is 0 Å². The number of aromatic amines is 1. The Labute approximate surface area is 218 Å². The van der Waals surface area contributed by atoms with Crippen molar-refractivity contribution in [1.29, 1.82) is 0 Å². The van der Waals surface area contributed by atoms with E-state index in [1.54, 1.807) is 18.2 Å². The van der Waals surface area contributed by atoms with Gasteiger partial charge in [-0.15, -0.1) is 0 Å². The van der Waals surface area contributed by atoms with E-state index in [9.17, 15) is 22.0 Å². The van der Waals surface area contributed by atoms with Gasteiger partial charge in [0.15, 0.2) is 5.82 Å². The van der Waals surface area contributed by atoms with Crippen LogP contribution in [-0.2, 0) is 23.0 Å². The molecule has 2 aliphatic rings. The van der Waals surface area contributed by atoms with Crippen LogP contribution in [0.1, 0.15) is 34.5 Å². The number of amides is 1. The van der Waals surface area contributed by atoms with Gasteiger partial charge in [-0.1, -0.05) is 0 Å². The van der Waals surface area contributed by atoms with Gasteiger partial charge in [-0.05, 0) is 44.2 Å². The minimum absolute atomic E-state index is 0.0781.